The van der Waals surface area contributed by atoms with Gasteiger partial charge < -0.3 is 15.1 Å². The smallest absolute Gasteiger partial charge is 0.239 e. The first kappa shape index (κ1) is 25.4. The third-order valence-electron chi connectivity index (χ3n) is 5.95. The van der Waals surface area contributed by atoms with Crippen molar-refractivity contribution in [2.75, 3.05) is 52.4 Å². The molecule has 2 aliphatic rings. The molecule has 0 spiro atoms. The monoisotopic (exact) mass is 547 g/mol. The average Bonchev–Trinajstić information content (AvgIpc) is 3.44. The SMILES string of the molecule is CCNC(=NCC(C)Cc1cccs1)N1CCN(C(C)C(=O)N2CCCC2)CC1.I. The van der Waals surface area contributed by atoms with Crippen molar-refractivity contribution in [2.24, 2.45) is 10.9 Å². The number of guanidine groups is 1. The van der Waals surface area contributed by atoms with Crippen LogP contribution in [0.3, 0.4) is 0 Å². The van der Waals surface area contributed by atoms with E-state index in [1.165, 1.54) is 4.88 Å². The molecule has 0 saturated carbocycles. The second-order valence-corrected chi connectivity index (χ2v) is 9.35. The van der Waals surface area contributed by atoms with E-state index in [-0.39, 0.29) is 30.0 Å². The normalized spacial score (nSPS) is 20.0. The summed E-state index contributed by atoms with van der Waals surface area (Å²) in [7, 11) is 0. The zero-order chi connectivity index (χ0) is 20.6. The lowest BCUT2D eigenvalue weighted by Crippen LogP contribution is -2.57. The summed E-state index contributed by atoms with van der Waals surface area (Å²) in [4.78, 5) is 25.8. The Morgan fingerprint density at radius 3 is 2.43 bits per heavy atom. The highest BCUT2D eigenvalue weighted by atomic mass is 127. The van der Waals surface area contributed by atoms with Gasteiger partial charge in [0.1, 0.15) is 0 Å². The van der Waals surface area contributed by atoms with E-state index < -0.39 is 0 Å². The number of carbonyl (C=O) groups excluding carboxylic acids is 1. The first-order valence-corrected chi connectivity index (χ1v) is 12.0. The number of hydrogen-bond donors (Lipinski definition) is 1. The summed E-state index contributed by atoms with van der Waals surface area (Å²) >= 11 is 1.83. The minimum Gasteiger partial charge on any atom is -0.357 e. The van der Waals surface area contributed by atoms with E-state index in [0.29, 0.717) is 11.8 Å². The summed E-state index contributed by atoms with van der Waals surface area (Å²) in [6.07, 6.45) is 3.39. The molecule has 2 saturated heterocycles. The Bertz CT molecular complexity index is 654. The van der Waals surface area contributed by atoms with Crippen molar-refractivity contribution in [3.8, 4) is 0 Å². The molecule has 0 radical (unpaired) electrons. The van der Waals surface area contributed by atoms with Crippen LogP contribution in [0.4, 0.5) is 0 Å². The molecule has 0 bridgehead atoms. The van der Waals surface area contributed by atoms with Crippen LogP contribution in [-0.2, 0) is 11.2 Å². The molecule has 30 heavy (non-hydrogen) atoms. The number of thiophene rings is 1. The second-order valence-electron chi connectivity index (χ2n) is 8.31. The summed E-state index contributed by atoms with van der Waals surface area (Å²) in [6, 6.07) is 4.31. The van der Waals surface area contributed by atoms with Crippen LogP contribution in [0.1, 0.15) is 38.5 Å². The maximum absolute atomic E-state index is 12.7. The molecular formula is C22H38IN5OS. The van der Waals surface area contributed by atoms with Gasteiger partial charge in [0.25, 0.3) is 0 Å². The number of rotatable bonds is 7. The fourth-order valence-corrected chi connectivity index (χ4v) is 5.05. The van der Waals surface area contributed by atoms with Crippen LogP contribution < -0.4 is 5.32 Å². The van der Waals surface area contributed by atoms with Crippen molar-refractivity contribution in [3.05, 3.63) is 22.4 Å². The van der Waals surface area contributed by atoms with Crippen molar-refractivity contribution in [3.63, 3.8) is 0 Å². The molecule has 1 aromatic rings. The van der Waals surface area contributed by atoms with E-state index in [1.54, 1.807) is 0 Å². The predicted molar refractivity (Wildman–Crippen MR) is 137 cm³/mol. The van der Waals surface area contributed by atoms with E-state index in [1.807, 2.05) is 16.2 Å². The fourth-order valence-electron chi connectivity index (χ4n) is 4.18. The Labute approximate surface area is 203 Å². The molecular weight excluding hydrogens is 509 g/mol. The van der Waals surface area contributed by atoms with Gasteiger partial charge in [-0.3, -0.25) is 14.7 Å². The average molecular weight is 548 g/mol. The second kappa shape index (κ2) is 12.9. The van der Waals surface area contributed by atoms with Crippen LogP contribution in [0.25, 0.3) is 0 Å². The standard InChI is InChI=1S/C22H37N5OS.HI/c1-4-23-22(24-17-18(2)16-20-8-7-15-29-20)27-13-11-25(12-14-27)19(3)21(28)26-9-5-6-10-26;/h7-8,15,18-19H,4-6,9-14,16-17H2,1-3H3,(H,23,24);1H. The third-order valence-corrected chi connectivity index (χ3v) is 6.85. The molecule has 2 atom stereocenters. The first-order valence-electron chi connectivity index (χ1n) is 11.2. The van der Waals surface area contributed by atoms with Crippen molar-refractivity contribution >= 4 is 47.2 Å². The Hall–Kier alpha value is -0.870. The zero-order valence-electron chi connectivity index (χ0n) is 18.7. The molecule has 3 rings (SSSR count). The van der Waals surface area contributed by atoms with Gasteiger partial charge in [-0.1, -0.05) is 13.0 Å². The number of carbonyl (C=O) groups is 1. The maximum Gasteiger partial charge on any atom is 0.239 e. The molecule has 8 heteroatoms. The molecule has 1 amide bonds. The van der Waals surface area contributed by atoms with Gasteiger partial charge >= 0.3 is 0 Å². The fraction of sp³-hybridized carbons (Fsp3) is 0.727. The zero-order valence-corrected chi connectivity index (χ0v) is 21.8. The van der Waals surface area contributed by atoms with Crippen molar-refractivity contribution < 1.29 is 4.79 Å². The molecule has 1 N–H and O–H groups in total. The summed E-state index contributed by atoms with van der Waals surface area (Å²) < 4.78 is 0. The highest BCUT2D eigenvalue weighted by Gasteiger charge is 2.30. The Balaban J connectivity index is 0.00000320. The molecule has 2 fully saturated rings. The highest BCUT2D eigenvalue weighted by Crippen LogP contribution is 2.16. The van der Waals surface area contributed by atoms with E-state index in [9.17, 15) is 4.79 Å². The van der Waals surface area contributed by atoms with E-state index in [0.717, 1.165) is 77.6 Å². The summed E-state index contributed by atoms with van der Waals surface area (Å²) in [5, 5.41) is 5.61. The number of amides is 1. The molecule has 2 aliphatic heterocycles. The Morgan fingerprint density at radius 2 is 1.83 bits per heavy atom. The number of nitrogens with one attached hydrogen (secondary N) is 1. The molecule has 1 aromatic heterocycles. The molecule has 0 aliphatic carbocycles. The topological polar surface area (TPSA) is 51.2 Å². The number of piperazine rings is 1. The number of aliphatic imine (C=N–C) groups is 1. The van der Waals surface area contributed by atoms with Gasteiger partial charge in [-0.15, -0.1) is 35.3 Å². The van der Waals surface area contributed by atoms with Crippen LogP contribution in [0.15, 0.2) is 22.5 Å². The molecule has 6 nitrogen and oxygen atoms in total. The van der Waals surface area contributed by atoms with Gasteiger partial charge in [0, 0.05) is 57.2 Å². The van der Waals surface area contributed by atoms with E-state index in [4.69, 9.17) is 4.99 Å². The van der Waals surface area contributed by atoms with Gasteiger partial charge in [0.05, 0.1) is 6.04 Å². The molecule has 170 valence electrons. The summed E-state index contributed by atoms with van der Waals surface area (Å²) in [5.41, 5.74) is 0. The van der Waals surface area contributed by atoms with Gasteiger partial charge in [0.2, 0.25) is 5.91 Å². The highest BCUT2D eigenvalue weighted by molar-refractivity contribution is 14.0. The minimum absolute atomic E-state index is 0. The lowest BCUT2D eigenvalue weighted by Gasteiger charge is -2.39. The number of nitrogens with zero attached hydrogens (tertiary/aromatic N) is 4. The van der Waals surface area contributed by atoms with Crippen LogP contribution in [0, 0.1) is 5.92 Å². The largest absolute Gasteiger partial charge is 0.357 e. The van der Waals surface area contributed by atoms with Gasteiger partial charge in [-0.25, -0.2) is 0 Å². The predicted octanol–water partition coefficient (Wildman–Crippen LogP) is 3.14. The molecule has 3 heterocycles. The van der Waals surface area contributed by atoms with Crippen molar-refractivity contribution in [2.45, 2.75) is 46.1 Å². The van der Waals surface area contributed by atoms with Crippen LogP contribution in [-0.4, -0.2) is 85.0 Å². The van der Waals surface area contributed by atoms with Crippen molar-refractivity contribution in [1.29, 1.82) is 0 Å². The van der Waals surface area contributed by atoms with E-state index >= 15 is 0 Å². The van der Waals surface area contributed by atoms with Crippen LogP contribution in [0.5, 0.6) is 0 Å². The maximum atomic E-state index is 12.7. The van der Waals surface area contributed by atoms with Gasteiger partial charge in [0.15, 0.2) is 5.96 Å². The Kier molecular flexibility index (Phi) is 10.9. The van der Waals surface area contributed by atoms with Gasteiger partial charge in [-0.2, -0.15) is 0 Å². The van der Waals surface area contributed by atoms with Crippen LogP contribution >= 0.6 is 35.3 Å². The molecule has 0 aromatic carbocycles. The summed E-state index contributed by atoms with van der Waals surface area (Å²) in [5.74, 6) is 1.85. The minimum atomic E-state index is -0.0133. The number of hydrogen-bond acceptors (Lipinski definition) is 4. The van der Waals surface area contributed by atoms with E-state index in [2.05, 4.69) is 53.4 Å². The first-order chi connectivity index (χ1) is 14.1. The molecule has 2 unspecified atom stereocenters. The Morgan fingerprint density at radius 1 is 1.13 bits per heavy atom. The van der Waals surface area contributed by atoms with Gasteiger partial charge in [-0.05, 0) is 50.5 Å². The quantitative estimate of drug-likeness (QED) is 0.324. The van der Waals surface area contributed by atoms with Crippen molar-refractivity contribution in [1.82, 2.24) is 20.0 Å². The third kappa shape index (κ3) is 7.09. The summed E-state index contributed by atoms with van der Waals surface area (Å²) in [6.45, 7) is 13.7. The lowest BCUT2D eigenvalue weighted by atomic mass is 10.1. The number of likely N-dealkylation sites (tertiary alicyclic amines) is 1. The van der Waals surface area contributed by atoms with Crippen LogP contribution in [0.2, 0.25) is 0 Å². The lowest BCUT2D eigenvalue weighted by molar-refractivity contribution is -0.135. The number of halogens is 1.